The van der Waals surface area contributed by atoms with Crippen molar-refractivity contribution in [3.05, 3.63) is 0 Å². The Hall–Kier alpha value is -1.94. The van der Waals surface area contributed by atoms with Crippen LogP contribution < -0.4 is 0 Å². The van der Waals surface area contributed by atoms with Crippen molar-refractivity contribution in [2.45, 2.75) is 464 Å². The molecular weight excluding hydrogens is 1340 g/mol. The van der Waals surface area contributed by atoms with Crippen LogP contribution in [0.4, 0.5) is 0 Å². The molecule has 19 heteroatoms. The van der Waals surface area contributed by atoms with E-state index in [1.807, 2.05) is 0 Å². The van der Waals surface area contributed by atoms with Crippen molar-refractivity contribution in [1.29, 1.82) is 0 Å². The highest BCUT2D eigenvalue weighted by molar-refractivity contribution is 7.47. The molecule has 0 aliphatic heterocycles. The number of hydrogen-bond donors (Lipinski definition) is 3. The molecule has 0 aromatic rings. The number of carbonyl (C=O) groups excluding carboxylic acids is 4. The lowest BCUT2D eigenvalue weighted by Gasteiger charge is -2.21. The first kappa shape index (κ1) is 101. The summed E-state index contributed by atoms with van der Waals surface area (Å²) in [7, 11) is -9.92. The van der Waals surface area contributed by atoms with Crippen LogP contribution in [0.5, 0.6) is 0 Å². The van der Waals surface area contributed by atoms with Crippen LogP contribution in [0.25, 0.3) is 0 Å². The standard InChI is InChI=1S/C84H164O17P2/c1-7-9-11-13-15-17-19-21-22-23-24-25-26-27-32-35-39-43-51-57-63-69-84(89)100-79(72-94-81(86)66-60-54-48-41-38-34-31-29-28-30-33-36-40-46-52-58-64-76(3)4)74-98-102(90,91)96-70-78(85)71-97-103(92,93)99-75-80(73-95-82(87)67-61-55-49-45-44-47-53-59-65-77(5)6)101-83(88)68-62-56-50-42-37-20-18-16-14-12-10-8-2/h76-80,85H,7-75H2,1-6H3,(H,90,91)(H,92,93)/t78-,79-,80-/m1/s1. The Bertz CT molecular complexity index is 1980. The molecule has 0 bridgehead atoms. The number of phosphoric acid groups is 2. The molecule has 0 fully saturated rings. The van der Waals surface area contributed by atoms with E-state index in [1.165, 1.54) is 263 Å². The largest absolute Gasteiger partial charge is 0.472 e. The highest BCUT2D eigenvalue weighted by Crippen LogP contribution is 2.45. The number of ether oxygens (including phenoxy) is 4. The fourth-order valence-electron chi connectivity index (χ4n) is 13.1. The number of esters is 4. The normalized spacial score (nSPS) is 13.9. The molecule has 0 aromatic carbocycles. The van der Waals surface area contributed by atoms with E-state index in [2.05, 4.69) is 41.5 Å². The van der Waals surface area contributed by atoms with Crippen molar-refractivity contribution in [3.63, 3.8) is 0 Å². The van der Waals surface area contributed by atoms with E-state index in [0.29, 0.717) is 25.7 Å². The van der Waals surface area contributed by atoms with Gasteiger partial charge in [-0.1, -0.05) is 395 Å². The van der Waals surface area contributed by atoms with Gasteiger partial charge < -0.3 is 33.8 Å². The predicted molar refractivity (Wildman–Crippen MR) is 423 cm³/mol. The fraction of sp³-hybridized carbons (Fsp3) is 0.952. The van der Waals surface area contributed by atoms with Crippen molar-refractivity contribution in [2.75, 3.05) is 39.6 Å². The quantitative estimate of drug-likeness (QED) is 0.0222. The van der Waals surface area contributed by atoms with Crippen LogP contribution in [-0.4, -0.2) is 96.7 Å². The first-order chi connectivity index (χ1) is 49.9. The van der Waals surface area contributed by atoms with Gasteiger partial charge in [-0.25, -0.2) is 9.13 Å². The van der Waals surface area contributed by atoms with Gasteiger partial charge >= 0.3 is 39.5 Å². The van der Waals surface area contributed by atoms with Gasteiger partial charge in [-0.15, -0.1) is 0 Å². The maximum Gasteiger partial charge on any atom is 0.472 e. The smallest absolute Gasteiger partial charge is 0.462 e. The molecule has 0 saturated carbocycles. The average Bonchev–Trinajstić information content (AvgIpc) is 0.951. The van der Waals surface area contributed by atoms with Crippen molar-refractivity contribution in [1.82, 2.24) is 0 Å². The number of aliphatic hydroxyl groups excluding tert-OH is 1. The van der Waals surface area contributed by atoms with Crippen molar-refractivity contribution in [3.8, 4) is 0 Å². The first-order valence-electron chi connectivity index (χ1n) is 43.5. The van der Waals surface area contributed by atoms with Gasteiger partial charge in [0, 0.05) is 25.7 Å². The molecule has 2 unspecified atom stereocenters. The Balaban J connectivity index is 5.22. The third-order valence-corrected chi connectivity index (χ3v) is 21.6. The number of aliphatic hydroxyl groups is 1. The Morgan fingerprint density at radius 1 is 0.262 bits per heavy atom. The highest BCUT2D eigenvalue weighted by atomic mass is 31.2. The van der Waals surface area contributed by atoms with Crippen molar-refractivity contribution >= 4 is 39.5 Å². The van der Waals surface area contributed by atoms with Crippen LogP contribution >= 0.6 is 15.6 Å². The van der Waals surface area contributed by atoms with E-state index in [4.69, 9.17) is 37.0 Å². The molecule has 0 amide bonds. The van der Waals surface area contributed by atoms with E-state index in [9.17, 15) is 43.2 Å². The maximum absolute atomic E-state index is 13.1. The van der Waals surface area contributed by atoms with Crippen LogP contribution in [0.2, 0.25) is 0 Å². The number of unbranched alkanes of at least 4 members (excludes halogenated alkanes) is 53. The average molecular weight is 1510 g/mol. The Morgan fingerprint density at radius 3 is 0.660 bits per heavy atom. The third kappa shape index (κ3) is 78.0. The number of carbonyl (C=O) groups is 4. The molecule has 0 saturated heterocycles. The molecule has 0 spiro atoms. The van der Waals surface area contributed by atoms with Crippen LogP contribution in [0, 0.1) is 11.8 Å². The molecular formula is C84H164O17P2. The van der Waals surface area contributed by atoms with E-state index in [-0.39, 0.29) is 25.7 Å². The Labute approximate surface area is 632 Å². The van der Waals surface area contributed by atoms with Crippen molar-refractivity contribution < 1.29 is 80.2 Å². The Kier molecular flexibility index (Phi) is 74.1. The minimum atomic E-state index is -4.96. The molecule has 0 radical (unpaired) electrons. The summed E-state index contributed by atoms with van der Waals surface area (Å²) in [6, 6.07) is 0. The lowest BCUT2D eigenvalue weighted by Crippen LogP contribution is -2.30. The summed E-state index contributed by atoms with van der Waals surface area (Å²) in [5.41, 5.74) is 0. The summed E-state index contributed by atoms with van der Waals surface area (Å²) >= 11 is 0. The summed E-state index contributed by atoms with van der Waals surface area (Å²) in [5, 5.41) is 10.7. The number of phosphoric ester groups is 2. The van der Waals surface area contributed by atoms with Gasteiger partial charge in [0.05, 0.1) is 26.4 Å². The van der Waals surface area contributed by atoms with E-state index < -0.39 is 97.5 Å². The van der Waals surface area contributed by atoms with Crippen molar-refractivity contribution in [2.24, 2.45) is 11.8 Å². The van der Waals surface area contributed by atoms with Gasteiger partial charge in [-0.2, -0.15) is 0 Å². The monoisotopic (exact) mass is 1510 g/mol. The first-order valence-corrected chi connectivity index (χ1v) is 46.5. The van der Waals surface area contributed by atoms with Gasteiger partial charge in [0.1, 0.15) is 19.3 Å². The maximum atomic E-state index is 13.1. The van der Waals surface area contributed by atoms with Gasteiger partial charge in [0.25, 0.3) is 0 Å². The summed E-state index contributed by atoms with van der Waals surface area (Å²) < 4.78 is 68.8. The fourth-order valence-corrected chi connectivity index (χ4v) is 14.6. The minimum absolute atomic E-state index is 0.107. The molecule has 0 aliphatic carbocycles. The van der Waals surface area contributed by atoms with E-state index in [0.717, 1.165) is 102 Å². The lowest BCUT2D eigenvalue weighted by molar-refractivity contribution is -0.161. The van der Waals surface area contributed by atoms with Crippen LogP contribution in [0.15, 0.2) is 0 Å². The number of hydrogen-bond acceptors (Lipinski definition) is 15. The lowest BCUT2D eigenvalue weighted by atomic mass is 10.0. The highest BCUT2D eigenvalue weighted by Gasteiger charge is 2.30. The van der Waals surface area contributed by atoms with Gasteiger partial charge in [-0.3, -0.25) is 37.3 Å². The summed E-state index contributed by atoms with van der Waals surface area (Å²) in [6.07, 6.45) is 66.7. The molecule has 3 N–H and O–H groups in total. The van der Waals surface area contributed by atoms with Crippen LogP contribution in [0.3, 0.4) is 0 Å². The van der Waals surface area contributed by atoms with Gasteiger partial charge in [-0.05, 0) is 37.5 Å². The van der Waals surface area contributed by atoms with E-state index in [1.54, 1.807) is 0 Å². The molecule has 5 atom stereocenters. The number of rotatable bonds is 83. The third-order valence-electron chi connectivity index (χ3n) is 19.7. The second-order valence-electron chi connectivity index (χ2n) is 31.2. The van der Waals surface area contributed by atoms with Crippen LogP contribution in [0.1, 0.15) is 446 Å². The molecule has 0 aromatic heterocycles. The molecule has 0 rings (SSSR count). The zero-order valence-corrected chi connectivity index (χ0v) is 69.4. The second-order valence-corrected chi connectivity index (χ2v) is 34.1. The minimum Gasteiger partial charge on any atom is -0.462 e. The van der Waals surface area contributed by atoms with E-state index >= 15 is 0 Å². The SMILES string of the molecule is CCCCCCCCCCCCCCCCCCCCCCCC(=O)O[C@H](COC(=O)CCCCCCCCCCCCCCCCCCC(C)C)COP(=O)(O)OC[C@@H](O)COP(=O)(O)OC[C@@H](COC(=O)CCCCCCCCCCC(C)C)OC(=O)CCCCCCCCCCCCCC. The molecule has 0 aliphatic rings. The Morgan fingerprint density at radius 2 is 0.447 bits per heavy atom. The second kappa shape index (κ2) is 75.5. The topological polar surface area (TPSA) is 237 Å². The molecule has 612 valence electrons. The van der Waals surface area contributed by atoms with Crippen LogP contribution in [-0.2, 0) is 65.4 Å². The summed E-state index contributed by atoms with van der Waals surface area (Å²) in [4.78, 5) is 73.1. The zero-order chi connectivity index (χ0) is 75.6. The molecule has 0 heterocycles. The molecule has 17 nitrogen and oxygen atoms in total. The summed E-state index contributed by atoms with van der Waals surface area (Å²) in [6.45, 7) is 9.65. The predicted octanol–water partition coefficient (Wildman–Crippen LogP) is 25.5. The molecule has 103 heavy (non-hydrogen) atoms. The van der Waals surface area contributed by atoms with Gasteiger partial charge in [0.2, 0.25) is 0 Å². The summed E-state index contributed by atoms with van der Waals surface area (Å²) in [5.74, 6) is -0.566. The zero-order valence-electron chi connectivity index (χ0n) is 67.6. The van der Waals surface area contributed by atoms with Gasteiger partial charge in [0.15, 0.2) is 12.2 Å².